The monoisotopic (exact) mass is 435 g/mol. The van der Waals surface area contributed by atoms with E-state index in [1.54, 1.807) is 7.11 Å². The Morgan fingerprint density at radius 2 is 1.30 bits per heavy atom. The van der Waals surface area contributed by atoms with Crippen molar-refractivity contribution in [2.24, 2.45) is 5.92 Å². The Morgan fingerprint density at radius 3 is 1.85 bits per heavy atom. The van der Waals surface area contributed by atoms with Crippen LogP contribution in [-0.4, -0.2) is 20.4 Å². The number of benzene rings is 4. The second-order valence-corrected chi connectivity index (χ2v) is 9.59. The number of nitrogens with one attached hydrogen (secondary N) is 1. The summed E-state index contributed by atoms with van der Waals surface area (Å²) in [5, 5.41) is 8.72. The first-order chi connectivity index (χ1) is 16.3. The molecule has 0 radical (unpaired) electrons. The average molecular weight is 435 g/mol. The van der Waals surface area contributed by atoms with Gasteiger partial charge in [-0.25, -0.2) is 0 Å². The van der Waals surface area contributed by atoms with E-state index in [2.05, 4.69) is 90.2 Å². The second kappa shape index (κ2) is 8.60. The van der Waals surface area contributed by atoms with Gasteiger partial charge in [-0.15, -0.1) is 0 Å². The van der Waals surface area contributed by atoms with Crippen molar-refractivity contribution in [1.82, 2.24) is 5.23 Å². The minimum absolute atomic E-state index is 0.144. The normalized spacial score (nSPS) is 21.1. The molecule has 1 unspecified atom stereocenters. The lowest BCUT2D eigenvalue weighted by atomic mass is 9.71. The molecule has 0 spiro atoms. The lowest BCUT2D eigenvalue weighted by molar-refractivity contribution is 0.0639. The average Bonchev–Trinajstić information content (AvgIpc) is 3.30. The zero-order valence-corrected chi connectivity index (χ0v) is 19.2. The fourth-order valence-corrected chi connectivity index (χ4v) is 6.09. The number of hydrogen-bond donors (Lipinski definition) is 1. The molecular formula is C29H30BNO2. The van der Waals surface area contributed by atoms with Crippen molar-refractivity contribution in [2.75, 3.05) is 7.11 Å². The van der Waals surface area contributed by atoms with Crippen molar-refractivity contribution < 1.29 is 9.31 Å². The fourth-order valence-electron chi connectivity index (χ4n) is 6.09. The van der Waals surface area contributed by atoms with Crippen molar-refractivity contribution in [3.63, 3.8) is 0 Å². The van der Waals surface area contributed by atoms with E-state index in [4.69, 9.17) is 9.31 Å². The van der Waals surface area contributed by atoms with E-state index in [1.165, 1.54) is 64.8 Å². The molecule has 1 aliphatic heterocycles. The van der Waals surface area contributed by atoms with Crippen LogP contribution in [0.1, 0.15) is 43.2 Å². The molecule has 4 heteroatoms. The van der Waals surface area contributed by atoms with Crippen molar-refractivity contribution in [3.8, 4) is 0 Å². The van der Waals surface area contributed by atoms with Gasteiger partial charge in [0, 0.05) is 13.2 Å². The van der Waals surface area contributed by atoms with Gasteiger partial charge in [0.05, 0.1) is 0 Å². The summed E-state index contributed by atoms with van der Waals surface area (Å²) in [6.07, 6.45) is 6.34. The van der Waals surface area contributed by atoms with E-state index in [1.807, 2.05) is 0 Å². The van der Waals surface area contributed by atoms with E-state index in [0.29, 0.717) is 5.92 Å². The summed E-state index contributed by atoms with van der Waals surface area (Å²) < 4.78 is 12.7. The Kier molecular flexibility index (Phi) is 5.45. The molecule has 2 fully saturated rings. The molecule has 33 heavy (non-hydrogen) atoms. The van der Waals surface area contributed by atoms with Gasteiger partial charge < -0.3 is 9.31 Å². The third-order valence-corrected chi connectivity index (χ3v) is 7.74. The van der Waals surface area contributed by atoms with Gasteiger partial charge in [0.15, 0.2) is 0 Å². The van der Waals surface area contributed by atoms with Crippen molar-refractivity contribution in [2.45, 2.75) is 43.7 Å². The predicted octanol–water partition coefficient (Wildman–Crippen LogP) is 6.44. The van der Waals surface area contributed by atoms with Gasteiger partial charge in [-0.2, -0.15) is 0 Å². The molecule has 4 aromatic rings. The van der Waals surface area contributed by atoms with E-state index in [9.17, 15) is 0 Å². The highest BCUT2D eigenvalue weighted by molar-refractivity contribution is 6.42. The van der Waals surface area contributed by atoms with E-state index in [0.717, 1.165) is 0 Å². The van der Waals surface area contributed by atoms with Crippen LogP contribution in [0, 0.1) is 5.92 Å². The van der Waals surface area contributed by atoms with Crippen molar-refractivity contribution >= 4 is 28.8 Å². The van der Waals surface area contributed by atoms with Crippen LogP contribution in [0.3, 0.4) is 0 Å². The zero-order chi connectivity index (χ0) is 22.3. The first-order valence-corrected chi connectivity index (χ1v) is 12.2. The van der Waals surface area contributed by atoms with Crippen molar-refractivity contribution in [1.29, 1.82) is 0 Å². The molecule has 1 atom stereocenters. The molecule has 1 aliphatic carbocycles. The molecule has 0 aromatic heterocycles. The molecule has 6 rings (SSSR count). The highest BCUT2D eigenvalue weighted by Crippen LogP contribution is 2.47. The summed E-state index contributed by atoms with van der Waals surface area (Å²) in [6.45, 7) is 0. The topological polar surface area (TPSA) is 30.5 Å². The molecule has 0 bridgehead atoms. The van der Waals surface area contributed by atoms with Crippen LogP contribution in [-0.2, 0) is 14.9 Å². The number of fused-ring (bicyclic) bond motifs is 2. The summed E-state index contributed by atoms with van der Waals surface area (Å²) in [5.74, 6) is 0.539. The molecule has 4 aromatic carbocycles. The summed E-state index contributed by atoms with van der Waals surface area (Å²) in [6, 6.07) is 30.9. The fraction of sp³-hybridized carbons (Fsp3) is 0.310. The Bertz CT molecular complexity index is 1200. The maximum atomic E-state index is 6.90. The molecule has 1 saturated carbocycles. The Hall–Kier alpha value is -2.66. The predicted molar refractivity (Wildman–Crippen MR) is 136 cm³/mol. The third kappa shape index (κ3) is 3.57. The third-order valence-electron chi connectivity index (χ3n) is 7.74. The van der Waals surface area contributed by atoms with Gasteiger partial charge in [0.1, 0.15) is 5.60 Å². The maximum absolute atomic E-state index is 6.90. The first kappa shape index (κ1) is 20.9. The standard InChI is InChI=1S/C29H30BNO2/c1-32-30-31-28(23-11-3-2-4-12-23)29(33-30,26-17-15-21-9-5-7-13-24(21)19-26)27-18-16-22-10-6-8-14-25(22)20-27/h5-10,13-20,23,28,31H,2-4,11-12H2,1H3. The Balaban J connectivity index is 1.59. The van der Waals surface area contributed by atoms with Crippen LogP contribution >= 0.6 is 0 Å². The maximum Gasteiger partial charge on any atom is 0.555 e. The lowest BCUT2D eigenvalue weighted by Gasteiger charge is -2.41. The lowest BCUT2D eigenvalue weighted by Crippen LogP contribution is -2.48. The number of rotatable bonds is 4. The SMILES string of the molecule is COB1NC(C2CCCCC2)C(c2ccc3ccccc3c2)(c2ccc3ccccc3c2)O1. The molecule has 3 nitrogen and oxygen atoms in total. The quantitative estimate of drug-likeness (QED) is 0.375. The van der Waals surface area contributed by atoms with Gasteiger partial charge in [-0.3, -0.25) is 5.23 Å². The summed E-state index contributed by atoms with van der Waals surface area (Å²) in [7, 11) is 1.29. The highest BCUT2D eigenvalue weighted by Gasteiger charge is 2.56. The number of hydrogen-bond acceptors (Lipinski definition) is 3. The second-order valence-electron chi connectivity index (χ2n) is 9.59. The minimum Gasteiger partial charge on any atom is -0.400 e. The Morgan fingerprint density at radius 1 is 0.758 bits per heavy atom. The van der Waals surface area contributed by atoms with Crippen LogP contribution < -0.4 is 5.23 Å². The van der Waals surface area contributed by atoms with Crippen LogP contribution in [0.5, 0.6) is 0 Å². The summed E-state index contributed by atoms with van der Waals surface area (Å²) >= 11 is 0. The summed E-state index contributed by atoms with van der Waals surface area (Å²) in [4.78, 5) is 0. The minimum atomic E-state index is -0.614. The van der Waals surface area contributed by atoms with Gasteiger partial charge in [-0.05, 0) is 63.6 Å². The van der Waals surface area contributed by atoms with Gasteiger partial charge in [0.25, 0.3) is 0 Å². The summed E-state index contributed by atoms with van der Waals surface area (Å²) in [5.41, 5.74) is 1.77. The smallest absolute Gasteiger partial charge is 0.400 e. The molecule has 166 valence electrons. The van der Waals surface area contributed by atoms with Crippen LogP contribution in [0.15, 0.2) is 84.9 Å². The Labute approximate surface area is 196 Å². The molecular weight excluding hydrogens is 405 g/mol. The molecule has 1 heterocycles. The van der Waals surface area contributed by atoms with Gasteiger partial charge >= 0.3 is 7.25 Å². The van der Waals surface area contributed by atoms with Crippen LogP contribution in [0.2, 0.25) is 0 Å². The molecule has 1 N–H and O–H groups in total. The van der Waals surface area contributed by atoms with E-state index >= 15 is 0 Å². The first-order valence-electron chi connectivity index (χ1n) is 12.2. The van der Waals surface area contributed by atoms with Crippen LogP contribution in [0.4, 0.5) is 0 Å². The molecule has 0 amide bonds. The van der Waals surface area contributed by atoms with Gasteiger partial charge in [-0.1, -0.05) is 92.1 Å². The molecule has 2 aliphatic rings. The van der Waals surface area contributed by atoms with E-state index in [-0.39, 0.29) is 6.04 Å². The van der Waals surface area contributed by atoms with E-state index < -0.39 is 12.9 Å². The zero-order valence-electron chi connectivity index (χ0n) is 19.2. The van der Waals surface area contributed by atoms with Gasteiger partial charge in [0.2, 0.25) is 0 Å². The van der Waals surface area contributed by atoms with Crippen LogP contribution in [0.25, 0.3) is 21.5 Å². The largest absolute Gasteiger partial charge is 0.555 e. The molecule has 1 saturated heterocycles. The highest BCUT2D eigenvalue weighted by atomic mass is 16.6. The van der Waals surface area contributed by atoms with Crippen molar-refractivity contribution in [3.05, 3.63) is 96.1 Å².